The first-order valence-corrected chi connectivity index (χ1v) is 6.00. The van der Waals surface area contributed by atoms with Crippen LogP contribution in [0.1, 0.15) is 22.8 Å². The third kappa shape index (κ3) is 2.99. The Bertz CT molecular complexity index is 668. The summed E-state index contributed by atoms with van der Waals surface area (Å²) in [6.45, 7) is 1.36. The summed E-state index contributed by atoms with van der Waals surface area (Å²) in [5.74, 6) is -0.220. The summed E-state index contributed by atoms with van der Waals surface area (Å²) in [4.78, 5) is 15.1. The molecule has 0 aliphatic rings. The molecule has 1 aromatic heterocycles. The molecule has 0 saturated heterocycles. The maximum Gasteiger partial charge on any atom is 0.416 e. The van der Waals surface area contributed by atoms with E-state index in [-0.39, 0.29) is 16.4 Å². The minimum atomic E-state index is -4.45. The lowest BCUT2D eigenvalue weighted by Gasteiger charge is -2.11. The zero-order chi connectivity index (χ0) is 14.9. The van der Waals surface area contributed by atoms with Gasteiger partial charge in [0.1, 0.15) is 0 Å². The van der Waals surface area contributed by atoms with E-state index in [1.165, 1.54) is 31.5 Å². The summed E-state index contributed by atoms with van der Waals surface area (Å²) < 4.78 is 38.1. The summed E-state index contributed by atoms with van der Waals surface area (Å²) in [5, 5.41) is 0.167. The predicted octanol–water partition coefficient (Wildman–Crippen LogP) is 4.62. The number of ketones is 1. The lowest BCUT2D eigenvalue weighted by Crippen LogP contribution is -2.05. The third-order valence-electron chi connectivity index (χ3n) is 2.75. The van der Waals surface area contributed by atoms with Crippen LogP contribution in [0.15, 0.2) is 36.7 Å². The van der Waals surface area contributed by atoms with Crippen molar-refractivity contribution in [2.24, 2.45) is 0 Å². The average Bonchev–Trinajstić information content (AvgIpc) is 2.38. The normalized spacial score (nSPS) is 11.4. The number of hydrogen-bond acceptors (Lipinski definition) is 2. The Balaban J connectivity index is 2.57. The van der Waals surface area contributed by atoms with Crippen LogP contribution in [0.25, 0.3) is 11.1 Å². The van der Waals surface area contributed by atoms with Crippen molar-refractivity contribution < 1.29 is 18.0 Å². The average molecular weight is 300 g/mol. The Hall–Kier alpha value is -1.88. The molecule has 2 rings (SSSR count). The molecule has 0 radical (unpaired) electrons. The van der Waals surface area contributed by atoms with Gasteiger partial charge in [0.2, 0.25) is 0 Å². The van der Waals surface area contributed by atoms with Crippen LogP contribution >= 0.6 is 11.6 Å². The number of hydrogen-bond donors (Lipinski definition) is 0. The van der Waals surface area contributed by atoms with Gasteiger partial charge in [-0.1, -0.05) is 11.6 Å². The molecule has 0 bridgehead atoms. The Kier molecular flexibility index (Phi) is 3.81. The van der Waals surface area contributed by atoms with Crippen molar-refractivity contribution in [2.75, 3.05) is 0 Å². The van der Waals surface area contributed by atoms with Gasteiger partial charge >= 0.3 is 6.18 Å². The van der Waals surface area contributed by atoms with Gasteiger partial charge in [0.25, 0.3) is 0 Å². The van der Waals surface area contributed by atoms with Crippen molar-refractivity contribution in [3.8, 4) is 11.1 Å². The molecule has 0 fully saturated rings. The Labute approximate surface area is 118 Å². The molecule has 1 aromatic carbocycles. The van der Waals surface area contributed by atoms with Crippen LogP contribution in [-0.4, -0.2) is 10.8 Å². The molecule has 6 heteroatoms. The standard InChI is InChI=1S/C14H9ClF3NO/c1-8(20)9-4-10(7-19-6-9)12-5-11(14(16,17)18)2-3-13(12)15/h2-7H,1H3. The van der Waals surface area contributed by atoms with E-state index in [1.54, 1.807) is 0 Å². The van der Waals surface area contributed by atoms with Gasteiger partial charge in [-0.2, -0.15) is 13.2 Å². The van der Waals surface area contributed by atoms with Crippen molar-refractivity contribution in [3.63, 3.8) is 0 Å². The molecule has 2 aromatic rings. The van der Waals surface area contributed by atoms with Gasteiger partial charge in [-0.05, 0) is 31.2 Å². The van der Waals surface area contributed by atoms with Crippen LogP contribution in [0, 0.1) is 0 Å². The predicted molar refractivity (Wildman–Crippen MR) is 69.7 cm³/mol. The van der Waals surface area contributed by atoms with Crippen LogP contribution in [0.4, 0.5) is 13.2 Å². The van der Waals surface area contributed by atoms with Crippen LogP contribution in [0.5, 0.6) is 0 Å². The van der Waals surface area contributed by atoms with Crippen molar-refractivity contribution in [3.05, 3.63) is 52.8 Å². The first-order valence-electron chi connectivity index (χ1n) is 5.62. The van der Waals surface area contributed by atoms with Crippen molar-refractivity contribution in [2.45, 2.75) is 13.1 Å². The highest BCUT2D eigenvalue weighted by Crippen LogP contribution is 2.35. The fourth-order valence-corrected chi connectivity index (χ4v) is 1.93. The second-order valence-electron chi connectivity index (χ2n) is 4.21. The SMILES string of the molecule is CC(=O)c1cncc(-c2cc(C(F)(F)F)ccc2Cl)c1. The summed E-state index contributed by atoms with van der Waals surface area (Å²) in [6, 6.07) is 4.51. The molecule has 104 valence electrons. The summed E-state index contributed by atoms with van der Waals surface area (Å²) in [7, 11) is 0. The third-order valence-corrected chi connectivity index (χ3v) is 3.08. The fraction of sp³-hybridized carbons (Fsp3) is 0.143. The molecule has 1 heterocycles. The van der Waals surface area contributed by atoms with E-state index in [1.807, 2.05) is 0 Å². The molecule has 0 saturated carbocycles. The Morgan fingerprint density at radius 2 is 1.90 bits per heavy atom. The molecule has 0 spiro atoms. The number of carbonyl (C=O) groups is 1. The van der Waals surface area contributed by atoms with Crippen LogP contribution in [0.2, 0.25) is 5.02 Å². The molecule has 0 aliphatic heterocycles. The van der Waals surface area contributed by atoms with Gasteiger partial charge in [-0.25, -0.2) is 0 Å². The fourth-order valence-electron chi connectivity index (χ4n) is 1.70. The topological polar surface area (TPSA) is 30.0 Å². The molecule has 0 amide bonds. The zero-order valence-electron chi connectivity index (χ0n) is 10.3. The summed E-state index contributed by atoms with van der Waals surface area (Å²) >= 11 is 5.93. The molecule has 0 N–H and O–H groups in total. The van der Waals surface area contributed by atoms with E-state index in [2.05, 4.69) is 4.98 Å². The minimum absolute atomic E-state index is 0.167. The molecular formula is C14H9ClF3NO. The number of nitrogens with zero attached hydrogens (tertiary/aromatic N) is 1. The molecule has 0 aliphatic carbocycles. The van der Waals surface area contributed by atoms with Crippen molar-refractivity contribution >= 4 is 17.4 Å². The molecule has 20 heavy (non-hydrogen) atoms. The number of aromatic nitrogens is 1. The van der Waals surface area contributed by atoms with E-state index < -0.39 is 11.7 Å². The molecule has 2 nitrogen and oxygen atoms in total. The number of rotatable bonds is 2. The number of benzene rings is 1. The van der Waals surface area contributed by atoms with Crippen LogP contribution < -0.4 is 0 Å². The lowest BCUT2D eigenvalue weighted by atomic mass is 10.0. The van der Waals surface area contributed by atoms with E-state index in [4.69, 9.17) is 11.6 Å². The summed E-state index contributed by atoms with van der Waals surface area (Å²) in [5.41, 5.74) is 0.0759. The highest BCUT2D eigenvalue weighted by Gasteiger charge is 2.31. The Morgan fingerprint density at radius 1 is 1.20 bits per heavy atom. The second kappa shape index (κ2) is 5.25. The monoisotopic (exact) mass is 299 g/mol. The summed E-state index contributed by atoms with van der Waals surface area (Å²) in [6.07, 6.45) is -1.73. The highest BCUT2D eigenvalue weighted by molar-refractivity contribution is 6.33. The van der Waals surface area contributed by atoms with Gasteiger partial charge in [0.15, 0.2) is 5.78 Å². The molecular weight excluding hydrogens is 291 g/mol. The van der Waals surface area contributed by atoms with Gasteiger partial charge in [-0.3, -0.25) is 9.78 Å². The zero-order valence-corrected chi connectivity index (χ0v) is 11.1. The number of Topliss-reactive ketones (excluding diaryl/α,β-unsaturated/α-hetero) is 1. The maximum absolute atomic E-state index is 12.7. The second-order valence-corrected chi connectivity index (χ2v) is 4.62. The quantitative estimate of drug-likeness (QED) is 0.757. The molecule has 0 unspecified atom stereocenters. The van der Waals surface area contributed by atoms with Gasteiger partial charge in [0, 0.05) is 34.1 Å². The van der Waals surface area contributed by atoms with E-state index in [0.29, 0.717) is 11.1 Å². The minimum Gasteiger partial charge on any atom is -0.294 e. The number of carbonyl (C=O) groups excluding carboxylic acids is 1. The smallest absolute Gasteiger partial charge is 0.294 e. The van der Waals surface area contributed by atoms with Gasteiger partial charge in [-0.15, -0.1) is 0 Å². The number of pyridine rings is 1. The molecule has 0 atom stereocenters. The largest absolute Gasteiger partial charge is 0.416 e. The lowest BCUT2D eigenvalue weighted by molar-refractivity contribution is -0.137. The highest BCUT2D eigenvalue weighted by atomic mass is 35.5. The van der Waals surface area contributed by atoms with Gasteiger partial charge in [0.05, 0.1) is 5.56 Å². The number of alkyl halides is 3. The van der Waals surface area contributed by atoms with E-state index in [0.717, 1.165) is 12.1 Å². The Morgan fingerprint density at radius 3 is 2.50 bits per heavy atom. The van der Waals surface area contributed by atoms with Crippen molar-refractivity contribution in [1.82, 2.24) is 4.98 Å². The first kappa shape index (κ1) is 14.5. The van der Waals surface area contributed by atoms with E-state index >= 15 is 0 Å². The van der Waals surface area contributed by atoms with Crippen molar-refractivity contribution in [1.29, 1.82) is 0 Å². The first-order chi connectivity index (χ1) is 9.29. The van der Waals surface area contributed by atoms with Crippen LogP contribution in [0.3, 0.4) is 0 Å². The maximum atomic E-state index is 12.7. The van der Waals surface area contributed by atoms with E-state index in [9.17, 15) is 18.0 Å². The van der Waals surface area contributed by atoms with Gasteiger partial charge < -0.3 is 0 Å². The van der Waals surface area contributed by atoms with Crippen LogP contribution in [-0.2, 0) is 6.18 Å². The number of halogens is 4.